The summed E-state index contributed by atoms with van der Waals surface area (Å²) >= 11 is 0. The molecule has 2 aromatic rings. The second-order valence-electron chi connectivity index (χ2n) is 4.27. The third-order valence-electron chi connectivity index (χ3n) is 2.97. The number of aromatic nitrogens is 1. The Kier molecular flexibility index (Phi) is 3.90. The molecule has 0 aliphatic carbocycles. The maximum absolute atomic E-state index is 11.4. The molecule has 6 heteroatoms. The van der Waals surface area contributed by atoms with Crippen molar-refractivity contribution < 1.29 is 8.42 Å². The molecule has 1 aromatic carbocycles. The molecule has 1 heterocycles. The Labute approximate surface area is 112 Å². The highest BCUT2D eigenvalue weighted by Gasteiger charge is 2.08. The minimum Gasteiger partial charge on any atom is -0.397 e. The minimum atomic E-state index is -2.95. The quantitative estimate of drug-likeness (QED) is 0.813. The molecule has 0 unspecified atom stereocenters. The lowest BCUT2D eigenvalue weighted by Gasteiger charge is -2.10. The summed E-state index contributed by atoms with van der Waals surface area (Å²) in [6.45, 7) is 2.03. The summed E-state index contributed by atoms with van der Waals surface area (Å²) in [5, 5.41) is 4.03. The van der Waals surface area contributed by atoms with E-state index >= 15 is 0 Å². The molecule has 19 heavy (non-hydrogen) atoms. The van der Waals surface area contributed by atoms with Crippen LogP contribution in [0.2, 0.25) is 0 Å². The molecule has 0 radical (unpaired) electrons. The average molecular weight is 279 g/mol. The summed E-state index contributed by atoms with van der Waals surface area (Å²) in [7, 11) is -2.95. The fourth-order valence-electron chi connectivity index (χ4n) is 1.83. The Morgan fingerprint density at radius 3 is 2.84 bits per heavy atom. The molecule has 0 bridgehead atoms. The number of nitrogens with two attached hydrogens (primary N) is 1. The molecule has 102 valence electrons. The van der Waals surface area contributed by atoms with Crippen LogP contribution >= 0.6 is 0 Å². The van der Waals surface area contributed by atoms with Crippen molar-refractivity contribution in [1.29, 1.82) is 0 Å². The van der Waals surface area contributed by atoms with Crippen molar-refractivity contribution in [3.05, 3.63) is 30.5 Å². The maximum atomic E-state index is 11.4. The lowest BCUT2D eigenvalue weighted by Crippen LogP contribution is -2.17. The highest BCUT2D eigenvalue weighted by Crippen LogP contribution is 2.26. The first-order chi connectivity index (χ1) is 9.03. The summed E-state index contributed by atoms with van der Waals surface area (Å²) in [5.41, 5.74) is 8.05. The van der Waals surface area contributed by atoms with Gasteiger partial charge in [0.15, 0.2) is 9.84 Å². The molecular formula is C13H17N3O2S. The van der Waals surface area contributed by atoms with Gasteiger partial charge in [0.2, 0.25) is 0 Å². The van der Waals surface area contributed by atoms with Crippen molar-refractivity contribution in [3.8, 4) is 0 Å². The minimum absolute atomic E-state index is 0.121. The van der Waals surface area contributed by atoms with E-state index in [-0.39, 0.29) is 11.5 Å². The van der Waals surface area contributed by atoms with Gasteiger partial charge in [-0.1, -0.05) is 6.92 Å². The average Bonchev–Trinajstić information content (AvgIpc) is 2.42. The van der Waals surface area contributed by atoms with Crippen molar-refractivity contribution in [2.24, 2.45) is 0 Å². The van der Waals surface area contributed by atoms with Crippen molar-refractivity contribution in [2.45, 2.75) is 6.92 Å². The zero-order valence-electron chi connectivity index (χ0n) is 10.8. The molecule has 3 N–H and O–H groups in total. The fourth-order valence-corrected chi connectivity index (χ4v) is 2.54. The lowest BCUT2D eigenvalue weighted by molar-refractivity contribution is 0.597. The van der Waals surface area contributed by atoms with Gasteiger partial charge in [0.25, 0.3) is 0 Å². The van der Waals surface area contributed by atoms with Crippen LogP contribution in [0.1, 0.15) is 6.92 Å². The van der Waals surface area contributed by atoms with E-state index in [0.29, 0.717) is 12.2 Å². The molecule has 1 aromatic heterocycles. The molecule has 0 spiro atoms. The highest BCUT2D eigenvalue weighted by atomic mass is 32.2. The van der Waals surface area contributed by atoms with E-state index in [1.807, 2.05) is 18.2 Å². The van der Waals surface area contributed by atoms with E-state index in [9.17, 15) is 8.42 Å². The number of anilines is 2. The van der Waals surface area contributed by atoms with Crippen LogP contribution in [-0.4, -0.2) is 31.5 Å². The molecule has 0 fully saturated rings. The molecule has 0 saturated heterocycles. The molecule has 2 rings (SSSR count). The largest absolute Gasteiger partial charge is 0.397 e. The number of pyridine rings is 1. The summed E-state index contributed by atoms with van der Waals surface area (Å²) in [4.78, 5) is 4.23. The lowest BCUT2D eigenvalue weighted by atomic mass is 10.1. The number of nitrogens with zero attached hydrogens (tertiary/aromatic N) is 1. The number of nitrogen functional groups attached to an aromatic ring is 1. The summed E-state index contributed by atoms with van der Waals surface area (Å²) in [6, 6.07) is 7.36. The van der Waals surface area contributed by atoms with Crippen LogP contribution in [0.3, 0.4) is 0 Å². The summed E-state index contributed by atoms with van der Waals surface area (Å²) in [5.74, 6) is 0.286. The van der Waals surface area contributed by atoms with Crippen molar-refractivity contribution in [1.82, 2.24) is 4.98 Å². The zero-order valence-corrected chi connectivity index (χ0v) is 11.6. The standard InChI is InChI=1S/C13H17N3O2S/c1-2-19(17,18)9-8-15-12-6-5-11(14)13-10(12)4-3-7-16-13/h3-7,15H,2,8-9,14H2,1H3. The number of rotatable bonds is 5. The molecule has 0 amide bonds. The predicted molar refractivity (Wildman–Crippen MR) is 79.0 cm³/mol. The van der Waals surface area contributed by atoms with Gasteiger partial charge in [-0.05, 0) is 24.3 Å². The third-order valence-corrected chi connectivity index (χ3v) is 4.68. The van der Waals surface area contributed by atoms with Gasteiger partial charge in [0, 0.05) is 29.6 Å². The molecule has 5 nitrogen and oxygen atoms in total. The normalized spacial score (nSPS) is 11.6. The molecule has 0 aliphatic heterocycles. The van der Waals surface area contributed by atoms with Crippen molar-refractivity contribution in [3.63, 3.8) is 0 Å². The number of hydrogen-bond donors (Lipinski definition) is 2. The van der Waals surface area contributed by atoms with Crippen LogP contribution in [0.25, 0.3) is 10.9 Å². The van der Waals surface area contributed by atoms with E-state index in [2.05, 4.69) is 10.3 Å². The van der Waals surface area contributed by atoms with Crippen molar-refractivity contribution in [2.75, 3.05) is 29.1 Å². The summed E-state index contributed by atoms with van der Waals surface area (Å²) < 4.78 is 22.9. The molecule has 0 saturated carbocycles. The molecule has 0 aliphatic rings. The monoisotopic (exact) mass is 279 g/mol. The van der Waals surface area contributed by atoms with Crippen LogP contribution < -0.4 is 11.1 Å². The summed E-state index contributed by atoms with van der Waals surface area (Å²) in [6.07, 6.45) is 1.68. The second kappa shape index (κ2) is 5.44. The Bertz CT molecular complexity index is 683. The van der Waals surface area contributed by atoms with Crippen LogP contribution in [-0.2, 0) is 9.84 Å². The number of sulfone groups is 1. The van der Waals surface area contributed by atoms with Gasteiger partial charge in [0.1, 0.15) is 0 Å². The molecule has 0 atom stereocenters. The van der Waals surface area contributed by atoms with Crippen molar-refractivity contribution >= 4 is 32.1 Å². The van der Waals surface area contributed by atoms with Gasteiger partial charge in [-0.2, -0.15) is 0 Å². The Morgan fingerprint density at radius 2 is 2.11 bits per heavy atom. The van der Waals surface area contributed by atoms with Gasteiger partial charge in [0.05, 0.1) is 17.0 Å². The first-order valence-electron chi connectivity index (χ1n) is 6.11. The topological polar surface area (TPSA) is 85.1 Å². The fraction of sp³-hybridized carbons (Fsp3) is 0.308. The smallest absolute Gasteiger partial charge is 0.151 e. The Balaban J connectivity index is 2.20. The maximum Gasteiger partial charge on any atom is 0.151 e. The van der Waals surface area contributed by atoms with E-state index in [1.165, 1.54) is 0 Å². The van der Waals surface area contributed by atoms with Crippen LogP contribution in [0.15, 0.2) is 30.5 Å². The Morgan fingerprint density at radius 1 is 1.32 bits per heavy atom. The third kappa shape index (κ3) is 3.14. The number of nitrogens with one attached hydrogen (secondary N) is 1. The van der Waals surface area contributed by atoms with Crippen LogP contribution in [0, 0.1) is 0 Å². The highest BCUT2D eigenvalue weighted by molar-refractivity contribution is 7.91. The first-order valence-corrected chi connectivity index (χ1v) is 7.93. The van der Waals surface area contributed by atoms with Gasteiger partial charge in [-0.25, -0.2) is 8.42 Å². The van der Waals surface area contributed by atoms with Gasteiger partial charge in [-0.3, -0.25) is 4.98 Å². The van der Waals surface area contributed by atoms with E-state index < -0.39 is 9.84 Å². The number of fused-ring (bicyclic) bond motifs is 1. The number of hydrogen-bond acceptors (Lipinski definition) is 5. The zero-order chi connectivity index (χ0) is 13.9. The van der Waals surface area contributed by atoms with Gasteiger partial charge >= 0.3 is 0 Å². The second-order valence-corrected chi connectivity index (χ2v) is 6.74. The van der Waals surface area contributed by atoms with E-state index in [0.717, 1.165) is 16.6 Å². The number of benzene rings is 1. The Hall–Kier alpha value is -1.82. The predicted octanol–water partition coefficient (Wildman–Crippen LogP) is 1.66. The van der Waals surface area contributed by atoms with Gasteiger partial charge < -0.3 is 11.1 Å². The van der Waals surface area contributed by atoms with Crippen LogP contribution in [0.4, 0.5) is 11.4 Å². The van der Waals surface area contributed by atoms with Crippen LogP contribution in [0.5, 0.6) is 0 Å². The van der Waals surface area contributed by atoms with E-state index in [1.54, 1.807) is 19.2 Å². The molecular weight excluding hydrogens is 262 g/mol. The first kappa shape index (κ1) is 13.6. The SMILES string of the molecule is CCS(=O)(=O)CCNc1ccc(N)c2ncccc12. The van der Waals surface area contributed by atoms with E-state index in [4.69, 9.17) is 5.73 Å². The van der Waals surface area contributed by atoms with Gasteiger partial charge in [-0.15, -0.1) is 0 Å².